The van der Waals surface area contributed by atoms with Crippen LogP contribution >= 0.6 is 27.7 Å². The number of nitrogens with one attached hydrogen (secondary N) is 2. The van der Waals surface area contributed by atoms with Gasteiger partial charge in [0, 0.05) is 17.1 Å². The molecule has 4 aromatic rings. The van der Waals surface area contributed by atoms with Crippen LogP contribution in [0.25, 0.3) is 0 Å². The molecule has 1 aliphatic heterocycles. The van der Waals surface area contributed by atoms with Crippen molar-refractivity contribution in [3.63, 3.8) is 0 Å². The predicted octanol–water partition coefficient (Wildman–Crippen LogP) is 8.06. The van der Waals surface area contributed by atoms with Gasteiger partial charge in [-0.1, -0.05) is 67.1 Å². The number of hydrogen-bond acceptors (Lipinski definition) is 7. The number of amides is 1. The van der Waals surface area contributed by atoms with Crippen molar-refractivity contribution in [1.82, 2.24) is 14.8 Å². The maximum Gasteiger partial charge on any atom is 0.255 e. The molecule has 2 heterocycles. The highest BCUT2D eigenvalue weighted by molar-refractivity contribution is 9.10. The molecule has 5 rings (SSSR count). The smallest absolute Gasteiger partial charge is 0.255 e. The van der Waals surface area contributed by atoms with Gasteiger partial charge in [-0.3, -0.25) is 4.79 Å². The zero-order valence-electron chi connectivity index (χ0n) is 25.0. The molecule has 0 aliphatic carbocycles. The van der Waals surface area contributed by atoms with Crippen molar-refractivity contribution in [2.24, 2.45) is 0 Å². The third-order valence-corrected chi connectivity index (χ3v) is 8.63. The zero-order chi connectivity index (χ0) is 30.5. The number of carbonyl (C=O) groups is 1. The first-order valence-electron chi connectivity index (χ1n) is 14.3. The Labute approximate surface area is 265 Å². The Balaban J connectivity index is 1.54. The minimum atomic E-state index is -0.565. The molecule has 1 atom stereocenters. The van der Waals surface area contributed by atoms with Crippen LogP contribution in [0.15, 0.2) is 81.6 Å². The second kappa shape index (κ2) is 13.7. The Morgan fingerprint density at radius 1 is 1.09 bits per heavy atom. The Morgan fingerprint density at radius 3 is 2.58 bits per heavy atom. The van der Waals surface area contributed by atoms with Crippen molar-refractivity contribution in [3.05, 3.63) is 98.7 Å². The van der Waals surface area contributed by atoms with Crippen LogP contribution in [0.2, 0.25) is 0 Å². The summed E-state index contributed by atoms with van der Waals surface area (Å²) >= 11 is 5.34. The molecule has 0 saturated carbocycles. The van der Waals surface area contributed by atoms with Gasteiger partial charge >= 0.3 is 0 Å². The summed E-state index contributed by atoms with van der Waals surface area (Å²) in [4.78, 5) is 18.7. The summed E-state index contributed by atoms with van der Waals surface area (Å²) in [6.45, 7) is 8.50. The van der Waals surface area contributed by atoms with Gasteiger partial charge in [-0.25, -0.2) is 4.68 Å². The second-order valence-electron chi connectivity index (χ2n) is 10.6. The van der Waals surface area contributed by atoms with Crippen LogP contribution in [0, 0.1) is 13.8 Å². The summed E-state index contributed by atoms with van der Waals surface area (Å²) < 4.78 is 14.6. The van der Waals surface area contributed by atoms with Gasteiger partial charge in [0.05, 0.1) is 17.2 Å². The van der Waals surface area contributed by atoms with Crippen molar-refractivity contribution in [3.8, 4) is 11.5 Å². The summed E-state index contributed by atoms with van der Waals surface area (Å²) in [6, 6.07) is 19.3. The lowest BCUT2D eigenvalue weighted by Gasteiger charge is -2.29. The number of fused-ring (bicyclic) bond motifs is 1. The van der Waals surface area contributed by atoms with Crippen molar-refractivity contribution < 1.29 is 14.3 Å². The fraction of sp³-hybridized carbons (Fsp3) is 0.303. The molecular formula is C33H36BrN5O3S. The molecule has 0 fully saturated rings. The number of methoxy groups -OCH3 is 1. The molecule has 1 aliphatic rings. The molecule has 2 N–H and O–H groups in total. The average Bonchev–Trinajstić information content (AvgIpc) is 3.37. The van der Waals surface area contributed by atoms with Gasteiger partial charge in [0.15, 0.2) is 11.5 Å². The highest BCUT2D eigenvalue weighted by Crippen LogP contribution is 2.43. The third kappa shape index (κ3) is 7.08. The number of anilines is 2. The largest absolute Gasteiger partial charge is 0.493 e. The minimum Gasteiger partial charge on any atom is -0.493 e. The Morgan fingerprint density at radius 2 is 1.86 bits per heavy atom. The zero-order valence-corrected chi connectivity index (χ0v) is 27.4. The molecule has 1 unspecified atom stereocenters. The van der Waals surface area contributed by atoms with Crippen molar-refractivity contribution >= 4 is 45.2 Å². The highest BCUT2D eigenvalue weighted by Gasteiger charge is 2.35. The van der Waals surface area contributed by atoms with Gasteiger partial charge in [-0.2, -0.15) is 4.98 Å². The first-order valence-corrected chi connectivity index (χ1v) is 16.1. The van der Waals surface area contributed by atoms with Gasteiger partial charge in [0.1, 0.15) is 12.6 Å². The average molecular weight is 663 g/mol. The lowest BCUT2D eigenvalue weighted by atomic mass is 9.94. The normalized spacial score (nSPS) is 14.2. The summed E-state index contributed by atoms with van der Waals surface area (Å²) in [6.07, 6.45) is 2.17. The van der Waals surface area contributed by atoms with E-state index in [1.807, 2.05) is 62.4 Å². The number of carbonyl (C=O) groups excluding carboxylic acids is 1. The van der Waals surface area contributed by atoms with Crippen LogP contribution in [-0.4, -0.2) is 33.5 Å². The van der Waals surface area contributed by atoms with E-state index in [-0.39, 0.29) is 5.91 Å². The number of hydrogen-bond donors (Lipinski definition) is 2. The van der Waals surface area contributed by atoms with E-state index in [1.165, 1.54) is 5.56 Å². The number of aryl methyl sites for hydroxylation is 2. The van der Waals surface area contributed by atoms with Gasteiger partial charge in [0.25, 0.3) is 5.91 Å². The fourth-order valence-electron chi connectivity index (χ4n) is 5.02. The number of nitrogens with zero attached hydrogens (tertiary/aromatic N) is 3. The van der Waals surface area contributed by atoms with Crippen LogP contribution < -0.4 is 20.1 Å². The minimum absolute atomic E-state index is 0.225. The molecule has 0 bridgehead atoms. The second-order valence-corrected chi connectivity index (χ2v) is 12.5. The molecule has 3 aromatic carbocycles. The van der Waals surface area contributed by atoms with E-state index in [1.54, 1.807) is 23.6 Å². The number of allylic oxidation sites excluding steroid dienone is 1. The SMILES string of the molecule is CCCCSc1nc2n(n1)C(c1cc(Br)c(OCc3cccc(C)c3)c(OC)c1)C(C(=O)Nc1cccc(C)c1)=C(C)N2. The molecule has 224 valence electrons. The summed E-state index contributed by atoms with van der Waals surface area (Å²) in [7, 11) is 1.61. The van der Waals surface area contributed by atoms with Gasteiger partial charge in [-0.15, -0.1) is 5.10 Å². The van der Waals surface area contributed by atoms with E-state index < -0.39 is 6.04 Å². The standard InChI is InChI=1S/C33H36BrN5O3S/c1-6-7-14-43-33-37-32-35-22(4)28(31(40)36-25-13-9-11-21(3)16-25)29(39(32)38-33)24-17-26(34)30(27(18-24)41-5)42-19-23-12-8-10-20(2)15-23/h8-13,15-18,29H,6-7,14,19H2,1-5H3,(H,36,40)(H,35,37,38). The monoisotopic (exact) mass is 661 g/mol. The molecule has 1 aromatic heterocycles. The van der Waals surface area contributed by atoms with Crippen molar-refractivity contribution in [1.29, 1.82) is 0 Å². The number of halogens is 1. The lowest BCUT2D eigenvalue weighted by molar-refractivity contribution is -0.113. The lowest BCUT2D eigenvalue weighted by Crippen LogP contribution is -2.31. The number of rotatable bonds is 11. The van der Waals surface area contributed by atoms with E-state index in [9.17, 15) is 4.79 Å². The molecule has 1 amide bonds. The number of thioether (sulfide) groups is 1. The molecule has 43 heavy (non-hydrogen) atoms. The van der Waals surface area contributed by atoms with Crippen LogP contribution in [0.3, 0.4) is 0 Å². The highest BCUT2D eigenvalue weighted by atomic mass is 79.9. The maximum atomic E-state index is 14.0. The molecule has 0 radical (unpaired) electrons. The van der Waals surface area contributed by atoms with Crippen LogP contribution in [0.5, 0.6) is 11.5 Å². The van der Waals surface area contributed by atoms with Gasteiger partial charge in [-0.05, 0) is 84.1 Å². The fourth-order valence-corrected chi connectivity index (χ4v) is 6.51. The van der Waals surface area contributed by atoms with E-state index in [2.05, 4.69) is 52.5 Å². The molecule has 0 spiro atoms. The topological polar surface area (TPSA) is 90.3 Å². The van der Waals surface area contributed by atoms with Crippen LogP contribution in [0.4, 0.5) is 11.6 Å². The van der Waals surface area contributed by atoms with E-state index in [0.717, 1.165) is 41.0 Å². The van der Waals surface area contributed by atoms with E-state index in [0.29, 0.717) is 45.0 Å². The molecule has 8 nitrogen and oxygen atoms in total. The van der Waals surface area contributed by atoms with E-state index in [4.69, 9.17) is 19.6 Å². The Kier molecular flexibility index (Phi) is 9.77. The number of ether oxygens (including phenoxy) is 2. The number of unbranched alkanes of at least 4 members (excludes halogenated alkanes) is 1. The molecule has 0 saturated heterocycles. The number of aromatic nitrogens is 3. The first-order chi connectivity index (χ1) is 20.8. The number of benzene rings is 3. The molecular weight excluding hydrogens is 626 g/mol. The molecule has 10 heteroatoms. The summed E-state index contributed by atoms with van der Waals surface area (Å²) in [5.74, 6) is 2.42. The van der Waals surface area contributed by atoms with Crippen LogP contribution in [0.1, 0.15) is 55.0 Å². The van der Waals surface area contributed by atoms with Crippen molar-refractivity contribution in [2.75, 3.05) is 23.5 Å². The Hall–Kier alpha value is -3.76. The van der Waals surface area contributed by atoms with E-state index >= 15 is 0 Å². The van der Waals surface area contributed by atoms with Gasteiger partial charge < -0.3 is 20.1 Å². The quantitative estimate of drug-likeness (QED) is 0.124. The first kappa shape index (κ1) is 30.7. The van der Waals surface area contributed by atoms with Crippen LogP contribution in [-0.2, 0) is 11.4 Å². The maximum absolute atomic E-state index is 14.0. The summed E-state index contributed by atoms with van der Waals surface area (Å²) in [5.41, 5.74) is 6.06. The predicted molar refractivity (Wildman–Crippen MR) is 176 cm³/mol. The third-order valence-electron chi connectivity index (χ3n) is 7.12. The summed E-state index contributed by atoms with van der Waals surface area (Å²) in [5, 5.41) is 11.9. The Bertz CT molecular complexity index is 1670. The van der Waals surface area contributed by atoms with Gasteiger partial charge in [0.2, 0.25) is 11.1 Å². The van der Waals surface area contributed by atoms with Crippen molar-refractivity contribution in [2.45, 2.75) is 58.3 Å².